The summed E-state index contributed by atoms with van der Waals surface area (Å²) in [5, 5.41) is 26.6. The predicted octanol–water partition coefficient (Wildman–Crippen LogP) is -2.29. The number of imidazole rings is 1. The number of carbonyl (C=O) groups is 4. The number of β-lactam (4-membered cyclic amide) rings is 1. The van der Waals surface area contributed by atoms with Crippen molar-refractivity contribution in [3.63, 3.8) is 0 Å². The third kappa shape index (κ3) is 5.89. The number of aryl methyl sites for hydroxylation is 1. The predicted molar refractivity (Wildman–Crippen MR) is 149 cm³/mol. The molecule has 216 valence electrons. The van der Waals surface area contributed by atoms with Crippen molar-refractivity contribution in [1.29, 1.82) is 0 Å². The average molecular weight is 625 g/mol. The van der Waals surface area contributed by atoms with E-state index < -0.39 is 40.8 Å². The van der Waals surface area contributed by atoms with Crippen LogP contribution in [0.3, 0.4) is 0 Å². The Balaban J connectivity index is 0.00000253. The summed E-state index contributed by atoms with van der Waals surface area (Å²) in [6.07, 6.45) is 5.68. The maximum atomic E-state index is 13.2. The SMILES string of the molecule is Cc1ccc2n(cc[n+]2CC2=C(C(=O)O)N3C(=O)[C@@H](NC(=O)/C(=N\OC(C)(C)C(=O)O)c4csc(N)n4)[C@H]3SC2)c1.[H-].[Na+]. The van der Waals surface area contributed by atoms with E-state index in [-0.39, 0.29) is 59.8 Å². The summed E-state index contributed by atoms with van der Waals surface area (Å²) in [5.41, 5.74) is 5.98. The topological polar surface area (TPSA) is 193 Å². The number of pyridine rings is 1. The van der Waals surface area contributed by atoms with Gasteiger partial charge in [-0.1, -0.05) is 5.16 Å². The van der Waals surface area contributed by atoms with Gasteiger partial charge in [0.15, 0.2) is 10.8 Å². The van der Waals surface area contributed by atoms with E-state index in [1.165, 1.54) is 35.9 Å². The number of aromatic nitrogens is 3. The first-order chi connectivity index (χ1) is 19.4. The second-order valence-corrected chi connectivity index (χ2v) is 11.9. The van der Waals surface area contributed by atoms with Crippen molar-refractivity contribution < 1.29 is 69.8 Å². The van der Waals surface area contributed by atoms with Crippen LogP contribution in [-0.2, 0) is 30.6 Å². The Morgan fingerprint density at radius 1 is 1.33 bits per heavy atom. The van der Waals surface area contributed by atoms with Crippen LogP contribution in [0.1, 0.15) is 26.5 Å². The number of hydrogen-bond donors (Lipinski definition) is 4. The van der Waals surface area contributed by atoms with E-state index in [0.717, 1.165) is 22.5 Å². The molecular weight excluding hydrogens is 597 g/mol. The van der Waals surface area contributed by atoms with Gasteiger partial charge < -0.3 is 27.5 Å². The molecule has 0 saturated carbocycles. The standard InChI is InChI=1S/C25H25N7O7S2.Na.H/c1-12-4-5-15-30(8-12)6-7-31(15)9-13-10-40-21-17(20(34)32(21)18(13)22(35)36)28-19(33)16(14-11-41-24(26)27-14)29-39-25(2,3)23(37)38;;/h4-8,11,17,21H,9-10H2,1-3H3,(H4-,26,27,28,33,35,36,37,38);;/q;+1;-1/p+1/b29-16-;;/t17-,21-;;/m1../s1. The van der Waals surface area contributed by atoms with Crippen LogP contribution in [-0.4, -0.2) is 76.7 Å². The fraction of sp³-hybridized carbons (Fsp3) is 0.320. The number of anilines is 1. The zero-order valence-corrected chi connectivity index (χ0v) is 26.7. The van der Waals surface area contributed by atoms with E-state index in [2.05, 4.69) is 15.5 Å². The zero-order valence-electron chi connectivity index (χ0n) is 24.1. The Hall–Kier alpha value is -3.44. The normalized spacial score (nSPS) is 18.7. The maximum Gasteiger partial charge on any atom is 1.00 e. The monoisotopic (exact) mass is 624 g/mol. The smallest absolute Gasteiger partial charge is 1.00 e. The summed E-state index contributed by atoms with van der Waals surface area (Å²) >= 11 is 2.36. The molecule has 3 aromatic heterocycles. The van der Waals surface area contributed by atoms with Gasteiger partial charge in [0.1, 0.15) is 41.7 Å². The Bertz CT molecular complexity index is 1670. The van der Waals surface area contributed by atoms with Crippen molar-refractivity contribution in [2.24, 2.45) is 5.16 Å². The molecule has 14 nitrogen and oxygen atoms in total. The van der Waals surface area contributed by atoms with Gasteiger partial charge in [0.05, 0.1) is 6.20 Å². The van der Waals surface area contributed by atoms with Crippen LogP contribution in [0, 0.1) is 6.92 Å². The number of nitrogens with zero attached hydrogens (tertiary/aromatic N) is 5. The number of oxime groups is 1. The third-order valence-electron chi connectivity index (χ3n) is 6.56. The molecule has 0 aliphatic carbocycles. The van der Waals surface area contributed by atoms with Gasteiger partial charge in [0, 0.05) is 22.8 Å². The van der Waals surface area contributed by atoms with E-state index in [1.54, 1.807) is 0 Å². The molecule has 1 saturated heterocycles. The molecule has 2 atom stereocenters. The number of nitrogens with one attached hydrogen (secondary N) is 1. The molecule has 0 aromatic carbocycles. The van der Waals surface area contributed by atoms with Crippen LogP contribution >= 0.6 is 23.1 Å². The van der Waals surface area contributed by atoms with Crippen molar-refractivity contribution in [2.75, 3.05) is 11.5 Å². The molecule has 5 heterocycles. The van der Waals surface area contributed by atoms with Crippen molar-refractivity contribution in [3.8, 4) is 0 Å². The van der Waals surface area contributed by atoms with Crippen LogP contribution in [0.5, 0.6) is 0 Å². The van der Waals surface area contributed by atoms with Gasteiger partial charge >= 0.3 is 41.5 Å². The number of nitrogens with two attached hydrogens (primary N) is 1. The van der Waals surface area contributed by atoms with Crippen LogP contribution in [0.4, 0.5) is 5.13 Å². The van der Waals surface area contributed by atoms with Gasteiger partial charge in [0.25, 0.3) is 17.5 Å². The largest absolute Gasteiger partial charge is 1.00 e. The molecule has 17 heteroatoms. The minimum absolute atomic E-state index is 0. The summed E-state index contributed by atoms with van der Waals surface area (Å²) in [6, 6.07) is 2.84. The number of rotatable bonds is 9. The number of carboxylic acid groups (broad SMARTS) is 2. The molecule has 5 rings (SSSR count). The van der Waals surface area contributed by atoms with Crippen LogP contribution < -0.4 is 45.2 Å². The molecule has 0 spiro atoms. The second-order valence-electron chi connectivity index (χ2n) is 9.93. The third-order valence-corrected chi connectivity index (χ3v) is 8.58. The van der Waals surface area contributed by atoms with E-state index in [4.69, 9.17) is 10.6 Å². The number of thiazole rings is 1. The Kier molecular flexibility index (Phi) is 9.03. The van der Waals surface area contributed by atoms with E-state index in [1.807, 2.05) is 46.6 Å². The summed E-state index contributed by atoms with van der Waals surface area (Å²) < 4.78 is 3.84. The van der Waals surface area contributed by atoms with E-state index in [0.29, 0.717) is 11.3 Å². The Morgan fingerprint density at radius 3 is 2.71 bits per heavy atom. The fourth-order valence-corrected chi connectivity index (χ4v) is 6.25. The molecule has 2 amide bonds. The molecule has 0 unspecified atom stereocenters. The number of carboxylic acids is 2. The van der Waals surface area contributed by atoms with Crippen molar-refractivity contribution in [1.82, 2.24) is 19.6 Å². The van der Waals surface area contributed by atoms with Crippen LogP contribution in [0.2, 0.25) is 0 Å². The summed E-state index contributed by atoms with van der Waals surface area (Å²) in [6.45, 7) is 4.75. The first kappa shape index (κ1) is 31.5. The molecule has 3 aromatic rings. The van der Waals surface area contributed by atoms with Crippen LogP contribution in [0.25, 0.3) is 5.65 Å². The Labute approximate surface area is 271 Å². The number of hydrogen-bond acceptors (Lipinski definition) is 10. The number of thioether (sulfide) groups is 1. The van der Waals surface area contributed by atoms with E-state index in [9.17, 15) is 29.4 Å². The quantitative estimate of drug-likeness (QED) is 0.0663. The van der Waals surface area contributed by atoms with Gasteiger partial charge in [-0.3, -0.25) is 14.5 Å². The van der Waals surface area contributed by atoms with Crippen molar-refractivity contribution >= 4 is 63.3 Å². The van der Waals surface area contributed by atoms with Gasteiger partial charge in [-0.25, -0.2) is 23.5 Å². The molecule has 1 fully saturated rings. The molecule has 2 aliphatic rings. The van der Waals surface area contributed by atoms with Gasteiger partial charge in [-0.2, -0.15) is 0 Å². The van der Waals surface area contributed by atoms with Gasteiger partial charge in [-0.15, -0.1) is 23.1 Å². The number of fused-ring (bicyclic) bond motifs is 2. The maximum absolute atomic E-state index is 13.2. The fourth-order valence-electron chi connectivity index (χ4n) is 4.37. The summed E-state index contributed by atoms with van der Waals surface area (Å²) in [5.74, 6) is -3.69. The number of nitrogen functional groups attached to an aromatic ring is 1. The average Bonchev–Trinajstić information content (AvgIpc) is 3.52. The second kappa shape index (κ2) is 12.0. The first-order valence-electron chi connectivity index (χ1n) is 12.3. The zero-order chi connectivity index (χ0) is 29.6. The molecule has 5 N–H and O–H groups in total. The molecule has 42 heavy (non-hydrogen) atoms. The minimum atomic E-state index is -1.75. The first-order valence-corrected chi connectivity index (χ1v) is 14.2. The van der Waals surface area contributed by atoms with Crippen molar-refractivity contribution in [2.45, 2.75) is 44.3 Å². The summed E-state index contributed by atoms with van der Waals surface area (Å²) in [4.78, 5) is 60.5. The number of amides is 2. The Morgan fingerprint density at radius 2 is 2.07 bits per heavy atom. The van der Waals surface area contributed by atoms with Crippen LogP contribution in [0.15, 0.2) is 52.5 Å². The molecule has 0 bridgehead atoms. The van der Waals surface area contributed by atoms with E-state index >= 15 is 0 Å². The molecular formula is C25H27N7NaO7S2+. The summed E-state index contributed by atoms with van der Waals surface area (Å²) in [7, 11) is 0. The van der Waals surface area contributed by atoms with Gasteiger partial charge in [0.2, 0.25) is 5.60 Å². The van der Waals surface area contributed by atoms with Gasteiger partial charge in [-0.05, 0) is 32.4 Å². The minimum Gasteiger partial charge on any atom is -1.00 e. The number of carbonyl (C=O) groups excluding carboxylic acids is 2. The molecule has 2 aliphatic heterocycles. The molecule has 0 radical (unpaired) electrons. The number of aliphatic carboxylic acids is 2. The van der Waals surface area contributed by atoms with Crippen molar-refractivity contribution in [3.05, 3.63) is 58.6 Å².